The van der Waals surface area contributed by atoms with Crippen molar-refractivity contribution in [1.29, 1.82) is 0 Å². The largest absolute Gasteiger partial charge is 0.370 e. The first-order valence-corrected chi connectivity index (χ1v) is 11.2. The van der Waals surface area contributed by atoms with E-state index in [-0.39, 0.29) is 17.2 Å². The highest BCUT2D eigenvalue weighted by molar-refractivity contribution is 6.30. The van der Waals surface area contributed by atoms with Crippen molar-refractivity contribution in [2.45, 2.75) is 18.4 Å². The quantitative estimate of drug-likeness (QED) is 0.539. The van der Waals surface area contributed by atoms with Gasteiger partial charge < -0.3 is 15.4 Å². The molecule has 2 amide bonds. The fraction of sp³-hybridized carbons (Fsp3) is 0.240. The Kier molecular flexibility index (Phi) is 5.71. The monoisotopic (exact) mass is 481 g/mol. The number of hydrogen-bond donors (Lipinski definition) is 2. The summed E-state index contributed by atoms with van der Waals surface area (Å²) in [6.07, 6.45) is 2.34. The van der Waals surface area contributed by atoms with Crippen molar-refractivity contribution in [2.75, 3.05) is 17.2 Å². The fourth-order valence-electron chi connectivity index (χ4n) is 4.45. The van der Waals surface area contributed by atoms with Crippen LogP contribution in [0.5, 0.6) is 0 Å². The Morgan fingerprint density at radius 2 is 1.68 bits per heavy atom. The van der Waals surface area contributed by atoms with Crippen LogP contribution in [0.4, 0.5) is 15.8 Å². The molecule has 1 saturated carbocycles. The number of carbonyl (C=O) groups is 2. The molecule has 1 aliphatic heterocycles. The summed E-state index contributed by atoms with van der Waals surface area (Å²) in [4.78, 5) is 38.1. The standard InChI is InChI=1S/C25H21ClFN3O4/c26-15-4-6-16(7-5-15)28-23(32)18-12-25(14-34-25)13-19(18)24(33)29-21-9-8-17(11-20(21)27)30-10-2-1-3-22(30)31/h1-11,18-19H,12-14H2,(H,28,32)(H,29,33)/t18-,19-,25?/m0/s1. The third kappa shape index (κ3) is 4.47. The molecular formula is C25H21ClFN3O4. The third-order valence-corrected chi connectivity index (χ3v) is 6.57. The average Bonchev–Trinajstić information content (AvgIpc) is 3.46. The molecule has 0 radical (unpaired) electrons. The second kappa shape index (κ2) is 8.70. The molecule has 7 nitrogen and oxygen atoms in total. The maximum Gasteiger partial charge on any atom is 0.255 e. The highest BCUT2D eigenvalue weighted by Gasteiger charge is 2.58. The molecule has 3 aromatic rings. The molecule has 34 heavy (non-hydrogen) atoms. The molecule has 2 aliphatic rings. The SMILES string of the molecule is O=C(Nc1ccc(Cl)cc1)[C@H]1CC2(CO2)C[C@@H]1C(=O)Nc1ccc(-n2ccccc2=O)cc1F. The van der Waals surface area contributed by atoms with Crippen molar-refractivity contribution < 1.29 is 18.7 Å². The first-order chi connectivity index (χ1) is 16.3. The normalized spacial score (nSPS) is 23.0. The van der Waals surface area contributed by atoms with Gasteiger partial charge in [0.25, 0.3) is 5.56 Å². The third-order valence-electron chi connectivity index (χ3n) is 6.32. The zero-order chi connectivity index (χ0) is 23.9. The van der Waals surface area contributed by atoms with Gasteiger partial charge in [0, 0.05) is 29.0 Å². The number of aromatic nitrogens is 1. The van der Waals surface area contributed by atoms with Gasteiger partial charge in [-0.1, -0.05) is 17.7 Å². The Bertz CT molecular complexity index is 1320. The Balaban J connectivity index is 1.32. The number of pyridine rings is 1. The van der Waals surface area contributed by atoms with Crippen molar-refractivity contribution >= 4 is 34.8 Å². The summed E-state index contributed by atoms with van der Waals surface area (Å²) in [6.45, 7) is 0.496. The Morgan fingerprint density at radius 1 is 1.00 bits per heavy atom. The molecule has 5 rings (SSSR count). The number of anilines is 2. The smallest absolute Gasteiger partial charge is 0.255 e. The number of nitrogens with zero attached hydrogens (tertiary/aromatic N) is 1. The molecule has 1 unspecified atom stereocenters. The summed E-state index contributed by atoms with van der Waals surface area (Å²) in [7, 11) is 0. The lowest BCUT2D eigenvalue weighted by atomic mass is 9.94. The van der Waals surface area contributed by atoms with E-state index in [2.05, 4.69) is 10.6 Å². The van der Waals surface area contributed by atoms with Crippen LogP contribution in [0.2, 0.25) is 5.02 Å². The van der Waals surface area contributed by atoms with Gasteiger partial charge in [-0.05, 0) is 55.3 Å². The summed E-state index contributed by atoms with van der Waals surface area (Å²) in [5.41, 5.74) is 0.124. The Labute approximate surface area is 199 Å². The Hall–Kier alpha value is -3.49. The van der Waals surface area contributed by atoms with E-state index >= 15 is 0 Å². The highest BCUT2D eigenvalue weighted by Crippen LogP contribution is 2.50. The number of rotatable bonds is 5. The van der Waals surface area contributed by atoms with E-state index in [4.69, 9.17) is 16.3 Å². The van der Waals surface area contributed by atoms with Crippen LogP contribution in [0, 0.1) is 17.7 Å². The minimum atomic E-state index is -0.681. The van der Waals surface area contributed by atoms with Crippen LogP contribution in [0.3, 0.4) is 0 Å². The molecule has 3 atom stereocenters. The molecule has 2 fully saturated rings. The molecule has 174 valence electrons. The predicted molar refractivity (Wildman–Crippen MR) is 126 cm³/mol. The topological polar surface area (TPSA) is 92.7 Å². The van der Waals surface area contributed by atoms with E-state index in [1.165, 1.54) is 29.0 Å². The van der Waals surface area contributed by atoms with Crippen LogP contribution in [0.1, 0.15) is 12.8 Å². The maximum absolute atomic E-state index is 14.8. The fourth-order valence-corrected chi connectivity index (χ4v) is 4.57. The molecule has 2 N–H and O–H groups in total. The van der Waals surface area contributed by atoms with Gasteiger partial charge in [0.15, 0.2) is 0 Å². The maximum atomic E-state index is 14.8. The van der Waals surface area contributed by atoms with Crippen molar-refractivity contribution in [3.8, 4) is 5.69 Å². The minimum Gasteiger partial charge on any atom is -0.370 e. The van der Waals surface area contributed by atoms with Gasteiger partial charge >= 0.3 is 0 Å². The van der Waals surface area contributed by atoms with E-state index in [0.717, 1.165) is 0 Å². The van der Waals surface area contributed by atoms with E-state index in [1.807, 2.05) is 0 Å². The van der Waals surface area contributed by atoms with Crippen LogP contribution in [-0.2, 0) is 14.3 Å². The van der Waals surface area contributed by atoms with Crippen molar-refractivity contribution in [1.82, 2.24) is 4.57 Å². The number of ether oxygens (including phenoxy) is 1. The van der Waals surface area contributed by atoms with E-state index in [1.54, 1.807) is 42.5 Å². The molecule has 2 aromatic carbocycles. The van der Waals surface area contributed by atoms with Crippen LogP contribution < -0.4 is 16.2 Å². The number of amides is 2. The van der Waals surface area contributed by atoms with Crippen LogP contribution in [-0.4, -0.2) is 28.6 Å². The molecule has 2 heterocycles. The van der Waals surface area contributed by atoms with Gasteiger partial charge in [-0.25, -0.2) is 4.39 Å². The summed E-state index contributed by atoms with van der Waals surface area (Å²) in [5.74, 6) is -2.73. The molecule has 1 aliphatic carbocycles. The summed E-state index contributed by atoms with van der Waals surface area (Å²) in [5, 5.41) is 5.99. The second-order valence-corrected chi connectivity index (χ2v) is 9.09. The molecule has 9 heteroatoms. The van der Waals surface area contributed by atoms with Crippen molar-refractivity contribution in [3.63, 3.8) is 0 Å². The summed E-state index contributed by atoms with van der Waals surface area (Å²) in [6, 6.07) is 15.5. The zero-order valence-corrected chi connectivity index (χ0v) is 18.7. The molecule has 1 aromatic heterocycles. The van der Waals surface area contributed by atoms with E-state index < -0.39 is 29.2 Å². The number of epoxide rings is 1. The average molecular weight is 482 g/mol. The number of nitrogens with one attached hydrogen (secondary N) is 2. The molecule has 1 spiro atoms. The molecule has 0 bridgehead atoms. The lowest BCUT2D eigenvalue weighted by Crippen LogP contribution is -2.33. The van der Waals surface area contributed by atoms with Crippen LogP contribution in [0.15, 0.2) is 71.7 Å². The lowest BCUT2D eigenvalue weighted by Gasteiger charge is -2.19. The van der Waals surface area contributed by atoms with Gasteiger partial charge in [-0.15, -0.1) is 0 Å². The molecular weight excluding hydrogens is 461 g/mol. The van der Waals surface area contributed by atoms with Gasteiger partial charge in [0.05, 0.1) is 35.4 Å². The van der Waals surface area contributed by atoms with Gasteiger partial charge in [-0.3, -0.25) is 19.0 Å². The minimum absolute atomic E-state index is 0.0211. The lowest BCUT2D eigenvalue weighted by molar-refractivity contribution is -0.128. The Morgan fingerprint density at radius 3 is 2.29 bits per heavy atom. The first-order valence-electron chi connectivity index (χ1n) is 10.8. The number of benzene rings is 2. The number of halogens is 2. The first kappa shape index (κ1) is 22.3. The highest BCUT2D eigenvalue weighted by atomic mass is 35.5. The van der Waals surface area contributed by atoms with Gasteiger partial charge in [0.2, 0.25) is 11.8 Å². The number of carbonyl (C=O) groups excluding carboxylic acids is 2. The van der Waals surface area contributed by atoms with Crippen molar-refractivity contribution in [3.05, 3.63) is 88.1 Å². The molecule has 1 saturated heterocycles. The van der Waals surface area contributed by atoms with Crippen LogP contribution in [0.25, 0.3) is 5.69 Å². The number of hydrogen-bond acceptors (Lipinski definition) is 4. The summed E-state index contributed by atoms with van der Waals surface area (Å²) < 4.78 is 21.7. The van der Waals surface area contributed by atoms with E-state index in [0.29, 0.717) is 35.8 Å². The van der Waals surface area contributed by atoms with Gasteiger partial charge in [-0.2, -0.15) is 0 Å². The van der Waals surface area contributed by atoms with E-state index in [9.17, 15) is 18.8 Å². The second-order valence-electron chi connectivity index (χ2n) is 8.65. The van der Waals surface area contributed by atoms with Crippen molar-refractivity contribution in [2.24, 2.45) is 11.8 Å². The predicted octanol–water partition coefficient (Wildman–Crippen LogP) is 4.00. The zero-order valence-electron chi connectivity index (χ0n) is 18.0. The van der Waals surface area contributed by atoms with Crippen LogP contribution >= 0.6 is 11.6 Å². The van der Waals surface area contributed by atoms with Gasteiger partial charge in [0.1, 0.15) is 5.82 Å². The summed E-state index contributed by atoms with van der Waals surface area (Å²) >= 11 is 5.90.